The van der Waals surface area contributed by atoms with E-state index in [4.69, 9.17) is 21.7 Å². The molecule has 0 fully saturated rings. The largest absolute Gasteiger partial charge is 0.497 e. The van der Waals surface area contributed by atoms with Crippen LogP contribution >= 0.6 is 23.6 Å². The normalized spacial score (nSPS) is 11.1. The highest BCUT2D eigenvalue weighted by Crippen LogP contribution is 2.23. The Bertz CT molecular complexity index is 897. The van der Waals surface area contributed by atoms with Crippen molar-refractivity contribution in [1.82, 2.24) is 14.9 Å². The van der Waals surface area contributed by atoms with Gasteiger partial charge in [-0.3, -0.25) is 5.10 Å². The van der Waals surface area contributed by atoms with Crippen molar-refractivity contribution in [3.05, 3.63) is 56.7 Å². The number of aromatic amines is 1. The Balaban J connectivity index is 1.90. The fourth-order valence-corrected chi connectivity index (χ4v) is 3.07. The van der Waals surface area contributed by atoms with Crippen LogP contribution in [0.1, 0.15) is 16.3 Å². The van der Waals surface area contributed by atoms with Crippen LogP contribution in [0.5, 0.6) is 11.5 Å². The summed E-state index contributed by atoms with van der Waals surface area (Å²) in [5.74, 6) is 2.15. The zero-order chi connectivity index (χ0) is 16.9. The quantitative estimate of drug-likeness (QED) is 0.540. The van der Waals surface area contributed by atoms with Crippen molar-refractivity contribution in [1.29, 1.82) is 0 Å². The van der Waals surface area contributed by atoms with Crippen LogP contribution in [-0.2, 0) is 6.42 Å². The van der Waals surface area contributed by atoms with Crippen LogP contribution in [0.15, 0.2) is 40.8 Å². The predicted octanol–water partition coefficient (Wildman–Crippen LogP) is 3.49. The summed E-state index contributed by atoms with van der Waals surface area (Å²) < 4.78 is 12.6. The third kappa shape index (κ3) is 3.55. The van der Waals surface area contributed by atoms with Crippen LogP contribution in [0.3, 0.4) is 0 Å². The van der Waals surface area contributed by atoms with Crippen molar-refractivity contribution in [2.75, 3.05) is 14.2 Å². The lowest BCUT2D eigenvalue weighted by Crippen LogP contribution is -2.00. The van der Waals surface area contributed by atoms with Gasteiger partial charge in [-0.25, -0.2) is 0 Å². The number of nitrogens with zero attached hydrogens (tertiary/aromatic N) is 3. The maximum Gasteiger partial charge on any atom is 0.216 e. The molecule has 0 atom stereocenters. The van der Waals surface area contributed by atoms with E-state index < -0.39 is 0 Å². The summed E-state index contributed by atoms with van der Waals surface area (Å²) in [5, 5.41) is 13.5. The van der Waals surface area contributed by atoms with Gasteiger partial charge in [-0.05, 0) is 35.8 Å². The molecule has 0 aliphatic rings. The summed E-state index contributed by atoms with van der Waals surface area (Å²) in [4.78, 5) is 1.20. The Hall–Kier alpha value is -2.45. The van der Waals surface area contributed by atoms with Crippen molar-refractivity contribution in [3.63, 3.8) is 0 Å². The van der Waals surface area contributed by atoms with Gasteiger partial charge in [0, 0.05) is 22.9 Å². The van der Waals surface area contributed by atoms with Gasteiger partial charge in [-0.1, -0.05) is 6.07 Å². The molecule has 124 valence electrons. The van der Waals surface area contributed by atoms with Crippen LogP contribution in [0.25, 0.3) is 0 Å². The Morgan fingerprint density at radius 2 is 2.21 bits per heavy atom. The summed E-state index contributed by atoms with van der Waals surface area (Å²) >= 11 is 6.94. The van der Waals surface area contributed by atoms with Gasteiger partial charge < -0.3 is 9.47 Å². The minimum absolute atomic E-state index is 0.449. The number of aromatic nitrogens is 3. The third-order valence-corrected chi connectivity index (χ3v) is 4.52. The van der Waals surface area contributed by atoms with Crippen LogP contribution in [0, 0.1) is 4.77 Å². The first kappa shape index (κ1) is 16.4. The first-order chi connectivity index (χ1) is 11.7. The van der Waals surface area contributed by atoms with Crippen LogP contribution < -0.4 is 9.47 Å². The lowest BCUT2D eigenvalue weighted by molar-refractivity contribution is 0.394. The second kappa shape index (κ2) is 7.41. The zero-order valence-electron chi connectivity index (χ0n) is 13.2. The van der Waals surface area contributed by atoms with E-state index in [2.05, 4.69) is 21.4 Å². The molecule has 2 aromatic heterocycles. The van der Waals surface area contributed by atoms with Crippen molar-refractivity contribution in [2.24, 2.45) is 5.10 Å². The van der Waals surface area contributed by atoms with E-state index in [1.807, 2.05) is 29.6 Å². The van der Waals surface area contributed by atoms with Crippen LogP contribution in [0.2, 0.25) is 0 Å². The monoisotopic (exact) mass is 360 g/mol. The minimum Gasteiger partial charge on any atom is -0.497 e. The molecule has 0 amide bonds. The molecule has 3 aromatic rings. The highest BCUT2D eigenvalue weighted by Gasteiger charge is 2.08. The maximum atomic E-state index is 5.38. The van der Waals surface area contributed by atoms with Crippen molar-refractivity contribution < 1.29 is 9.47 Å². The van der Waals surface area contributed by atoms with E-state index in [1.54, 1.807) is 36.4 Å². The molecule has 0 saturated carbocycles. The number of thiophene rings is 1. The number of hydrogen-bond donors (Lipinski definition) is 1. The lowest BCUT2D eigenvalue weighted by atomic mass is 10.2. The highest BCUT2D eigenvalue weighted by molar-refractivity contribution is 7.71. The van der Waals surface area contributed by atoms with Gasteiger partial charge in [0.05, 0.1) is 20.4 Å². The van der Waals surface area contributed by atoms with Gasteiger partial charge in [0.1, 0.15) is 11.5 Å². The van der Waals surface area contributed by atoms with Crippen molar-refractivity contribution in [2.45, 2.75) is 6.42 Å². The van der Waals surface area contributed by atoms with Gasteiger partial charge in [0.25, 0.3) is 0 Å². The second-order valence-corrected chi connectivity index (χ2v) is 6.28. The summed E-state index contributed by atoms with van der Waals surface area (Å²) in [6, 6.07) is 9.61. The van der Waals surface area contributed by atoms with Gasteiger partial charge in [-0.2, -0.15) is 14.9 Å². The molecule has 0 spiro atoms. The molecule has 1 N–H and O–H groups in total. The minimum atomic E-state index is 0.449. The fourth-order valence-electron chi connectivity index (χ4n) is 2.17. The summed E-state index contributed by atoms with van der Waals surface area (Å²) in [6.45, 7) is 0. The average molecular weight is 360 g/mol. The molecule has 6 nitrogen and oxygen atoms in total. The standard InChI is InChI=1S/C16H16N4O2S2/c1-21-12-6-5-11(14(8-12)22-2)10-17-20-15(18-19-16(20)23)9-13-4-3-7-24-13/h3-8,10H,9H2,1-2H3,(H,19,23)/b17-10-. The summed E-state index contributed by atoms with van der Waals surface area (Å²) in [6.07, 6.45) is 2.36. The van der Waals surface area contributed by atoms with Crippen molar-refractivity contribution >= 4 is 29.8 Å². The van der Waals surface area contributed by atoms with E-state index in [-0.39, 0.29) is 0 Å². The molecular formula is C16H16N4O2S2. The fraction of sp³-hybridized carbons (Fsp3) is 0.188. The Morgan fingerprint density at radius 3 is 2.92 bits per heavy atom. The number of hydrogen-bond acceptors (Lipinski definition) is 6. The molecule has 0 radical (unpaired) electrons. The molecule has 0 saturated heterocycles. The molecule has 3 rings (SSSR count). The lowest BCUT2D eigenvalue weighted by Gasteiger charge is -2.07. The molecule has 0 unspecified atom stereocenters. The molecule has 0 bridgehead atoms. The average Bonchev–Trinajstić information content (AvgIpc) is 3.24. The van der Waals surface area contributed by atoms with Gasteiger partial charge in [-0.15, -0.1) is 11.3 Å². The van der Waals surface area contributed by atoms with Crippen molar-refractivity contribution in [3.8, 4) is 11.5 Å². The van der Waals surface area contributed by atoms with E-state index >= 15 is 0 Å². The summed E-state index contributed by atoms with van der Waals surface area (Å²) in [7, 11) is 3.22. The van der Waals surface area contributed by atoms with Gasteiger partial charge >= 0.3 is 0 Å². The van der Waals surface area contributed by atoms with E-state index in [0.717, 1.165) is 17.1 Å². The highest BCUT2D eigenvalue weighted by atomic mass is 32.1. The summed E-state index contributed by atoms with van der Waals surface area (Å²) in [5.41, 5.74) is 0.823. The third-order valence-electron chi connectivity index (χ3n) is 3.38. The van der Waals surface area contributed by atoms with Crippen LogP contribution in [-0.4, -0.2) is 35.3 Å². The SMILES string of the molecule is COc1ccc(/C=N\n2c(Cc3cccs3)n[nH]c2=S)c(OC)c1. The molecule has 1 aromatic carbocycles. The number of benzene rings is 1. The molecule has 2 heterocycles. The Kier molecular flexibility index (Phi) is 5.07. The van der Waals surface area contributed by atoms with E-state index in [0.29, 0.717) is 16.9 Å². The molecular weight excluding hydrogens is 344 g/mol. The Labute approximate surface area is 148 Å². The smallest absolute Gasteiger partial charge is 0.216 e. The van der Waals surface area contributed by atoms with Crippen LogP contribution in [0.4, 0.5) is 0 Å². The first-order valence-electron chi connectivity index (χ1n) is 7.16. The number of H-pyrrole nitrogens is 1. The number of nitrogens with one attached hydrogen (secondary N) is 1. The number of ether oxygens (including phenoxy) is 2. The zero-order valence-corrected chi connectivity index (χ0v) is 14.9. The Morgan fingerprint density at radius 1 is 1.33 bits per heavy atom. The van der Waals surface area contributed by atoms with E-state index in [1.165, 1.54) is 4.88 Å². The van der Waals surface area contributed by atoms with Gasteiger partial charge in [0.15, 0.2) is 5.82 Å². The topological polar surface area (TPSA) is 64.4 Å². The second-order valence-electron chi connectivity index (χ2n) is 4.87. The number of methoxy groups -OCH3 is 2. The maximum absolute atomic E-state index is 5.38. The molecule has 24 heavy (non-hydrogen) atoms. The predicted molar refractivity (Wildman–Crippen MR) is 97.1 cm³/mol. The molecule has 0 aliphatic heterocycles. The van der Waals surface area contributed by atoms with Gasteiger partial charge in [0.2, 0.25) is 4.77 Å². The number of rotatable bonds is 6. The molecule has 0 aliphatic carbocycles. The van der Waals surface area contributed by atoms with E-state index in [9.17, 15) is 0 Å². The first-order valence-corrected chi connectivity index (χ1v) is 8.45. The molecule has 8 heteroatoms.